The summed E-state index contributed by atoms with van der Waals surface area (Å²) in [6, 6.07) is 0. The molecule has 0 aromatic heterocycles. The highest BCUT2D eigenvalue weighted by Gasteiger charge is 2.25. The molecule has 5 fully saturated rings. The van der Waals surface area contributed by atoms with E-state index in [1.165, 1.54) is 135 Å². The van der Waals surface area contributed by atoms with Gasteiger partial charge in [-0.1, -0.05) is 156 Å². The molecule has 6 aliphatic carbocycles. The molecule has 252 valence electrons. The van der Waals surface area contributed by atoms with Crippen molar-refractivity contribution in [1.82, 2.24) is 0 Å². The normalized spacial score (nSPS) is 37.3. The molecule has 10 unspecified atom stereocenters. The monoisotopic (exact) mass is 597 g/mol. The molecule has 0 N–H and O–H groups in total. The van der Waals surface area contributed by atoms with Crippen LogP contribution in [0.3, 0.4) is 0 Å². The van der Waals surface area contributed by atoms with Gasteiger partial charge < -0.3 is 0 Å². The van der Waals surface area contributed by atoms with Gasteiger partial charge in [0.25, 0.3) is 0 Å². The summed E-state index contributed by atoms with van der Waals surface area (Å²) >= 11 is 0. The molecule has 0 heterocycles. The lowest BCUT2D eigenvalue weighted by Crippen LogP contribution is -2.15. The molecule has 0 amide bonds. The highest BCUT2D eigenvalue weighted by Crippen LogP contribution is 2.38. The van der Waals surface area contributed by atoms with Gasteiger partial charge in [0, 0.05) is 1.43 Å². The Hall–Kier alpha value is -0.780. The van der Waals surface area contributed by atoms with E-state index in [1.807, 2.05) is 0 Å². The molecule has 6 rings (SSSR count). The molecule has 10 atom stereocenters. The number of fused-ring (bicyclic) bond motifs is 2. The molecule has 43 heavy (non-hydrogen) atoms. The van der Waals surface area contributed by atoms with Crippen LogP contribution < -0.4 is 0 Å². The first-order chi connectivity index (χ1) is 20.8. The van der Waals surface area contributed by atoms with Gasteiger partial charge in [-0.25, -0.2) is 0 Å². The number of rotatable bonds is 6. The van der Waals surface area contributed by atoms with E-state index in [4.69, 9.17) is 0 Å². The van der Waals surface area contributed by atoms with E-state index >= 15 is 0 Å². The number of hydrogen-bond donors (Lipinski definition) is 0. The second kappa shape index (κ2) is 22.7. The van der Waals surface area contributed by atoms with E-state index in [2.05, 4.69) is 79.0 Å². The van der Waals surface area contributed by atoms with Gasteiger partial charge in [0.2, 0.25) is 0 Å². The van der Waals surface area contributed by atoms with Crippen molar-refractivity contribution in [3.8, 4) is 0 Å². The minimum Gasteiger partial charge on any atom is -0.103 e. The smallest absolute Gasteiger partial charge is 0 e. The molecule has 0 saturated heterocycles. The maximum atomic E-state index is 3.78. The molecule has 0 radical (unpaired) electrons. The Morgan fingerprint density at radius 2 is 1.02 bits per heavy atom. The quantitative estimate of drug-likeness (QED) is 0.268. The van der Waals surface area contributed by atoms with Crippen molar-refractivity contribution < 1.29 is 1.43 Å². The van der Waals surface area contributed by atoms with Crippen LogP contribution in [0.1, 0.15) is 178 Å². The SMILES string of the molecule is C1=CC2CCC1C2.C=CC1CCC(C=C)C1.CC1CCCCC1C.CCC1CCC(CC)C1.CCCC1CCCCC1C.[HH]. The molecule has 5 saturated carbocycles. The molecule has 0 spiro atoms. The summed E-state index contributed by atoms with van der Waals surface area (Å²) in [6.45, 7) is 21.7. The standard InChI is InChI=1S/C10H20.C9H18.C9H14.C8H16.C7H10.H2/c1-3-6-10-8-5-4-7-9(10)2;2*1-3-8-5-6-9(4-2)7-8;1-7-5-3-4-6-8(7)2;1-2-7-4-3-6(1)5-7;/h9-10H,3-8H2,1-2H3;8-9H,3-7H2,1-2H3;3-4,8-9H,1-2,5-7H2;7-8H,3-6H2,1-2H3;1-2,6-7H,3-5H2;1H. The third-order valence-corrected chi connectivity index (χ3v) is 12.6. The highest BCUT2D eigenvalue weighted by atomic mass is 14.3. The first kappa shape index (κ1) is 38.4. The first-order valence-corrected chi connectivity index (χ1v) is 19.8. The van der Waals surface area contributed by atoms with Crippen LogP contribution in [0.25, 0.3) is 0 Å². The average Bonchev–Trinajstić information content (AvgIpc) is 3.87. The summed E-state index contributed by atoms with van der Waals surface area (Å²) in [5.74, 6) is 9.78. The Kier molecular flexibility index (Phi) is 20.3. The summed E-state index contributed by atoms with van der Waals surface area (Å²) < 4.78 is 0. The van der Waals surface area contributed by atoms with Crippen molar-refractivity contribution in [2.75, 3.05) is 0 Å². The maximum Gasteiger partial charge on any atom is 0 e. The molecule has 2 bridgehead atoms. The van der Waals surface area contributed by atoms with Crippen LogP contribution in [0.4, 0.5) is 0 Å². The second-order valence-corrected chi connectivity index (χ2v) is 15.9. The molecule has 0 aromatic rings. The molecule has 0 heteroatoms. The van der Waals surface area contributed by atoms with Crippen molar-refractivity contribution >= 4 is 0 Å². The van der Waals surface area contributed by atoms with Crippen LogP contribution in [0.2, 0.25) is 0 Å². The van der Waals surface area contributed by atoms with Gasteiger partial charge in [0.05, 0.1) is 0 Å². The Morgan fingerprint density at radius 3 is 1.30 bits per heavy atom. The van der Waals surface area contributed by atoms with Crippen LogP contribution in [0, 0.1) is 59.2 Å². The van der Waals surface area contributed by atoms with Crippen molar-refractivity contribution in [1.29, 1.82) is 0 Å². The zero-order chi connectivity index (χ0) is 31.5. The highest BCUT2D eigenvalue weighted by molar-refractivity contribution is 5.06. The third-order valence-electron chi connectivity index (χ3n) is 12.6. The van der Waals surface area contributed by atoms with Crippen LogP contribution >= 0.6 is 0 Å². The van der Waals surface area contributed by atoms with E-state index in [9.17, 15) is 0 Å². The minimum absolute atomic E-state index is 0. The summed E-state index contributed by atoms with van der Waals surface area (Å²) in [6.07, 6.45) is 39.4. The van der Waals surface area contributed by atoms with Gasteiger partial charge in [0.15, 0.2) is 0 Å². The molecule has 0 nitrogen and oxygen atoms in total. The maximum absolute atomic E-state index is 3.78. The Bertz CT molecular complexity index is 689. The Labute approximate surface area is 273 Å². The van der Waals surface area contributed by atoms with Crippen LogP contribution in [-0.2, 0) is 0 Å². The summed E-state index contributed by atoms with van der Waals surface area (Å²) in [5.41, 5.74) is 0. The van der Waals surface area contributed by atoms with E-state index in [1.54, 1.807) is 0 Å². The molecular weight excluding hydrogens is 516 g/mol. The topological polar surface area (TPSA) is 0 Å². The van der Waals surface area contributed by atoms with Gasteiger partial charge in [-0.15, -0.1) is 13.2 Å². The van der Waals surface area contributed by atoms with E-state index in [-0.39, 0.29) is 1.43 Å². The van der Waals surface area contributed by atoms with Gasteiger partial charge >= 0.3 is 0 Å². The Balaban J connectivity index is 0.000000274. The molecule has 6 aliphatic rings. The van der Waals surface area contributed by atoms with Crippen LogP contribution in [0.15, 0.2) is 37.5 Å². The van der Waals surface area contributed by atoms with Crippen molar-refractivity contribution in [2.45, 2.75) is 176 Å². The first-order valence-electron chi connectivity index (χ1n) is 19.8. The lowest BCUT2D eigenvalue weighted by Gasteiger charge is -2.28. The molecule has 0 aliphatic heterocycles. The van der Waals surface area contributed by atoms with Crippen molar-refractivity contribution in [2.24, 2.45) is 59.2 Å². The summed E-state index contributed by atoms with van der Waals surface area (Å²) in [5, 5.41) is 0. The van der Waals surface area contributed by atoms with Crippen LogP contribution in [0.5, 0.6) is 0 Å². The third kappa shape index (κ3) is 15.4. The zero-order valence-corrected chi connectivity index (χ0v) is 30.3. The minimum atomic E-state index is 0. The number of hydrogen-bond acceptors (Lipinski definition) is 0. The van der Waals surface area contributed by atoms with Gasteiger partial charge in [0.1, 0.15) is 0 Å². The predicted octanol–water partition coefficient (Wildman–Crippen LogP) is 14.7. The lowest BCUT2D eigenvalue weighted by molar-refractivity contribution is 0.240. The van der Waals surface area contributed by atoms with E-state index in [0.29, 0.717) is 0 Å². The predicted molar refractivity (Wildman–Crippen MR) is 198 cm³/mol. The second-order valence-electron chi connectivity index (χ2n) is 15.9. The largest absolute Gasteiger partial charge is 0.103 e. The summed E-state index contributed by atoms with van der Waals surface area (Å²) in [4.78, 5) is 0. The fourth-order valence-corrected chi connectivity index (χ4v) is 8.81. The number of allylic oxidation sites excluding steroid dienone is 4. The summed E-state index contributed by atoms with van der Waals surface area (Å²) in [7, 11) is 0. The van der Waals surface area contributed by atoms with E-state index < -0.39 is 0 Å². The van der Waals surface area contributed by atoms with Gasteiger partial charge in [-0.3, -0.25) is 0 Å². The van der Waals surface area contributed by atoms with E-state index in [0.717, 1.165) is 59.2 Å². The van der Waals surface area contributed by atoms with Gasteiger partial charge in [-0.05, 0) is 104 Å². The fraction of sp³-hybridized carbons (Fsp3) is 0.860. The van der Waals surface area contributed by atoms with Crippen molar-refractivity contribution in [3.63, 3.8) is 0 Å². The van der Waals surface area contributed by atoms with Crippen LogP contribution in [-0.4, -0.2) is 0 Å². The lowest BCUT2D eigenvalue weighted by atomic mass is 9.78. The fourth-order valence-electron chi connectivity index (χ4n) is 8.81. The van der Waals surface area contributed by atoms with Gasteiger partial charge in [-0.2, -0.15) is 0 Å². The molecule has 0 aromatic carbocycles. The average molecular weight is 597 g/mol. The Morgan fingerprint density at radius 1 is 0.558 bits per heavy atom. The molecular formula is C43H80. The van der Waals surface area contributed by atoms with Crippen molar-refractivity contribution in [3.05, 3.63) is 37.5 Å². The zero-order valence-electron chi connectivity index (χ0n) is 30.3.